The molecule has 0 radical (unpaired) electrons. The number of aliphatic carboxylic acids is 1. The number of likely N-dealkylation sites (N-methyl/N-ethyl adjacent to an activating group) is 1. The van der Waals surface area contributed by atoms with Gasteiger partial charge in [-0.05, 0) is 34.1 Å². The maximum Gasteiger partial charge on any atom is 0.329 e. The van der Waals surface area contributed by atoms with Crippen LogP contribution < -0.4 is 0 Å². The molecule has 2 atom stereocenters. The van der Waals surface area contributed by atoms with Gasteiger partial charge >= 0.3 is 5.97 Å². The van der Waals surface area contributed by atoms with Crippen LogP contribution in [0.1, 0.15) is 40.5 Å². The molecule has 2 heterocycles. The minimum Gasteiger partial charge on any atom is -0.480 e. The third-order valence-corrected chi connectivity index (χ3v) is 6.02. The molecule has 2 amide bonds. The van der Waals surface area contributed by atoms with Crippen molar-refractivity contribution < 1.29 is 19.5 Å². The van der Waals surface area contributed by atoms with Gasteiger partial charge in [0.25, 0.3) is 0 Å². The summed E-state index contributed by atoms with van der Waals surface area (Å²) in [5.41, 5.74) is -1.28. The fourth-order valence-corrected chi connectivity index (χ4v) is 4.55. The molecule has 118 valence electrons. The zero-order chi connectivity index (χ0) is 16.0. The van der Waals surface area contributed by atoms with Crippen LogP contribution in [0, 0.1) is 0 Å². The molecule has 0 aromatic rings. The van der Waals surface area contributed by atoms with E-state index in [4.69, 9.17) is 0 Å². The minimum atomic E-state index is -1.28. The highest BCUT2D eigenvalue weighted by Crippen LogP contribution is 2.47. The van der Waals surface area contributed by atoms with Crippen LogP contribution in [-0.2, 0) is 14.4 Å². The molecule has 2 aliphatic heterocycles. The topological polar surface area (TPSA) is 77.9 Å². The lowest BCUT2D eigenvalue weighted by Gasteiger charge is -2.38. The zero-order valence-corrected chi connectivity index (χ0v) is 13.7. The van der Waals surface area contributed by atoms with Gasteiger partial charge in [-0.2, -0.15) is 0 Å². The maximum absolute atomic E-state index is 12.8. The van der Waals surface area contributed by atoms with Gasteiger partial charge in [0.05, 0.1) is 4.87 Å². The molecule has 0 aromatic carbocycles. The second-order valence-electron chi connectivity index (χ2n) is 6.21. The van der Waals surface area contributed by atoms with E-state index in [0.29, 0.717) is 18.7 Å². The fraction of sp³-hybridized carbons (Fsp3) is 0.786. The summed E-state index contributed by atoms with van der Waals surface area (Å²) in [6.45, 7) is 7.08. The highest BCUT2D eigenvalue weighted by Gasteiger charge is 2.54. The Bertz CT molecular complexity index is 493. The van der Waals surface area contributed by atoms with Crippen LogP contribution >= 0.6 is 11.8 Å². The smallest absolute Gasteiger partial charge is 0.329 e. The van der Waals surface area contributed by atoms with Gasteiger partial charge in [-0.25, -0.2) is 4.79 Å². The Labute approximate surface area is 128 Å². The average molecular weight is 314 g/mol. The average Bonchev–Trinajstić information content (AvgIpc) is 2.87. The van der Waals surface area contributed by atoms with Crippen LogP contribution in [0.25, 0.3) is 0 Å². The molecule has 2 fully saturated rings. The second kappa shape index (κ2) is 5.19. The van der Waals surface area contributed by atoms with E-state index < -0.39 is 17.6 Å². The number of nitrogens with zero attached hydrogens (tertiary/aromatic N) is 2. The molecule has 0 saturated carbocycles. The van der Waals surface area contributed by atoms with Crippen LogP contribution in [0.5, 0.6) is 0 Å². The van der Waals surface area contributed by atoms with Gasteiger partial charge in [-0.1, -0.05) is 0 Å². The van der Waals surface area contributed by atoms with Crippen LogP contribution in [0.15, 0.2) is 0 Å². The van der Waals surface area contributed by atoms with Crippen LogP contribution in [0.3, 0.4) is 0 Å². The standard InChI is InChI=1S/C14H22N2O4S/c1-5-15(13(2,3)12(19)20)11(18)9-8-21-14(4)7-6-10(17)16(9)14/h9H,5-8H2,1-4H3,(H,19,20). The second-order valence-corrected chi connectivity index (χ2v) is 7.71. The first-order valence-corrected chi connectivity index (χ1v) is 8.14. The van der Waals surface area contributed by atoms with Crippen molar-refractivity contribution in [2.45, 2.75) is 57.0 Å². The zero-order valence-electron chi connectivity index (χ0n) is 12.9. The van der Waals surface area contributed by atoms with Crippen molar-refractivity contribution in [3.05, 3.63) is 0 Å². The Morgan fingerprint density at radius 3 is 2.67 bits per heavy atom. The number of carbonyl (C=O) groups excluding carboxylic acids is 2. The van der Waals surface area contributed by atoms with Crippen LogP contribution in [-0.4, -0.2) is 61.4 Å². The monoisotopic (exact) mass is 314 g/mol. The van der Waals surface area contributed by atoms with Gasteiger partial charge in [0.2, 0.25) is 11.8 Å². The Kier molecular flexibility index (Phi) is 3.99. The Morgan fingerprint density at radius 1 is 1.52 bits per heavy atom. The first-order valence-electron chi connectivity index (χ1n) is 7.16. The van der Waals surface area contributed by atoms with E-state index in [-0.39, 0.29) is 16.7 Å². The summed E-state index contributed by atoms with van der Waals surface area (Å²) in [5.74, 6) is -0.784. The van der Waals surface area contributed by atoms with Crippen molar-refractivity contribution in [1.29, 1.82) is 0 Å². The molecule has 21 heavy (non-hydrogen) atoms. The molecule has 6 nitrogen and oxygen atoms in total. The lowest BCUT2D eigenvalue weighted by Crippen LogP contribution is -2.59. The lowest BCUT2D eigenvalue weighted by atomic mass is 10.0. The van der Waals surface area contributed by atoms with Gasteiger partial charge in [-0.15, -0.1) is 11.8 Å². The van der Waals surface area contributed by atoms with Gasteiger partial charge < -0.3 is 14.9 Å². The summed E-state index contributed by atoms with van der Waals surface area (Å²) in [4.78, 5) is 39.0. The summed E-state index contributed by atoms with van der Waals surface area (Å²) in [6, 6.07) is -0.548. The summed E-state index contributed by atoms with van der Waals surface area (Å²) >= 11 is 1.61. The number of carbonyl (C=O) groups is 3. The SMILES string of the molecule is CCN(C(=O)C1CSC2(C)CCC(=O)N12)C(C)(C)C(=O)O. The van der Waals surface area contributed by atoms with Crippen molar-refractivity contribution in [2.75, 3.05) is 12.3 Å². The van der Waals surface area contributed by atoms with Crippen molar-refractivity contribution in [1.82, 2.24) is 9.80 Å². The van der Waals surface area contributed by atoms with Gasteiger partial charge in [-0.3, -0.25) is 9.59 Å². The number of fused-ring (bicyclic) bond motifs is 1. The Hall–Kier alpha value is -1.24. The van der Waals surface area contributed by atoms with E-state index in [9.17, 15) is 19.5 Å². The number of hydrogen-bond acceptors (Lipinski definition) is 4. The van der Waals surface area contributed by atoms with Crippen molar-refractivity contribution >= 4 is 29.5 Å². The summed E-state index contributed by atoms with van der Waals surface area (Å²) in [6.07, 6.45) is 1.20. The predicted molar refractivity (Wildman–Crippen MR) is 79.8 cm³/mol. The molecule has 0 bridgehead atoms. The molecule has 0 spiro atoms. The summed E-state index contributed by atoms with van der Waals surface area (Å²) in [7, 11) is 0. The number of carboxylic acid groups (broad SMARTS) is 1. The van der Waals surface area contributed by atoms with E-state index in [2.05, 4.69) is 0 Å². The third kappa shape index (κ3) is 2.41. The lowest BCUT2D eigenvalue weighted by molar-refractivity contribution is -0.159. The first-order chi connectivity index (χ1) is 9.65. The molecule has 0 aromatic heterocycles. The fourth-order valence-electron chi connectivity index (χ4n) is 3.13. The van der Waals surface area contributed by atoms with E-state index in [1.165, 1.54) is 18.7 Å². The molecule has 2 unspecified atom stereocenters. The predicted octanol–water partition coefficient (Wildman–Crippen LogP) is 1.15. The summed E-state index contributed by atoms with van der Waals surface area (Å²) < 4.78 is 0. The minimum absolute atomic E-state index is 0.00923. The van der Waals surface area contributed by atoms with Crippen molar-refractivity contribution in [2.24, 2.45) is 0 Å². The molecule has 1 N–H and O–H groups in total. The molecular formula is C14H22N2O4S. The molecule has 0 aliphatic carbocycles. The maximum atomic E-state index is 12.8. The first kappa shape index (κ1) is 16.1. The molecule has 7 heteroatoms. The number of hydrogen-bond donors (Lipinski definition) is 1. The molecular weight excluding hydrogens is 292 g/mol. The van der Waals surface area contributed by atoms with Crippen molar-refractivity contribution in [3.63, 3.8) is 0 Å². The van der Waals surface area contributed by atoms with E-state index in [0.717, 1.165) is 6.42 Å². The van der Waals surface area contributed by atoms with E-state index in [1.807, 2.05) is 6.92 Å². The number of amides is 2. The summed E-state index contributed by atoms with van der Waals surface area (Å²) in [5, 5.41) is 9.34. The Balaban J connectivity index is 2.27. The van der Waals surface area contributed by atoms with Crippen LogP contribution in [0.2, 0.25) is 0 Å². The molecule has 2 rings (SSSR count). The van der Waals surface area contributed by atoms with Gasteiger partial charge in [0.1, 0.15) is 11.6 Å². The van der Waals surface area contributed by atoms with Crippen molar-refractivity contribution in [3.8, 4) is 0 Å². The number of thioether (sulfide) groups is 1. The molecule has 2 aliphatic rings. The van der Waals surface area contributed by atoms with Gasteiger partial charge in [0, 0.05) is 18.7 Å². The third-order valence-electron chi connectivity index (χ3n) is 4.51. The quantitative estimate of drug-likeness (QED) is 0.842. The molecule has 2 saturated heterocycles. The number of rotatable bonds is 4. The highest BCUT2D eigenvalue weighted by molar-refractivity contribution is 8.01. The largest absolute Gasteiger partial charge is 0.480 e. The van der Waals surface area contributed by atoms with E-state index >= 15 is 0 Å². The highest BCUT2D eigenvalue weighted by atomic mass is 32.2. The van der Waals surface area contributed by atoms with Crippen LogP contribution in [0.4, 0.5) is 0 Å². The Morgan fingerprint density at radius 2 is 2.14 bits per heavy atom. The van der Waals surface area contributed by atoms with E-state index in [1.54, 1.807) is 23.6 Å². The van der Waals surface area contributed by atoms with Gasteiger partial charge in [0.15, 0.2) is 0 Å². The number of carboxylic acids is 1. The normalized spacial score (nSPS) is 28.7.